The van der Waals surface area contributed by atoms with Crippen LogP contribution in [0.25, 0.3) is 0 Å². The van der Waals surface area contributed by atoms with E-state index in [0.717, 1.165) is 17.9 Å². The van der Waals surface area contributed by atoms with Gasteiger partial charge in [0.1, 0.15) is 6.10 Å². The van der Waals surface area contributed by atoms with E-state index in [1.807, 2.05) is 30.3 Å². The molecular weight excluding hydrogens is 260 g/mol. The molecule has 2 atom stereocenters. The monoisotopic (exact) mass is 284 g/mol. The van der Waals surface area contributed by atoms with E-state index in [1.165, 1.54) is 38.5 Å². The Morgan fingerprint density at radius 1 is 1.05 bits per heavy atom. The Labute approximate surface area is 127 Å². The van der Waals surface area contributed by atoms with Gasteiger partial charge in [-0.2, -0.15) is 0 Å². The predicted octanol–water partition coefficient (Wildman–Crippen LogP) is 4.82. The first-order chi connectivity index (χ1) is 10.3. The summed E-state index contributed by atoms with van der Waals surface area (Å²) in [4.78, 5) is 11.9. The Kier molecular flexibility index (Phi) is 4.42. The quantitative estimate of drug-likeness (QED) is 0.585. The maximum atomic E-state index is 11.9. The normalized spacial score (nSPS) is 26.9. The van der Waals surface area contributed by atoms with E-state index < -0.39 is 0 Å². The Bertz CT molecular complexity index is 500. The van der Waals surface area contributed by atoms with Crippen LogP contribution in [-0.2, 0) is 9.53 Å². The van der Waals surface area contributed by atoms with E-state index >= 15 is 0 Å². The zero-order valence-corrected chi connectivity index (χ0v) is 12.6. The van der Waals surface area contributed by atoms with Crippen molar-refractivity contribution in [2.24, 2.45) is 11.8 Å². The van der Waals surface area contributed by atoms with Crippen LogP contribution in [0.15, 0.2) is 42.5 Å². The molecule has 1 aromatic rings. The van der Waals surface area contributed by atoms with Crippen molar-refractivity contribution in [1.82, 2.24) is 0 Å². The highest BCUT2D eigenvalue weighted by Crippen LogP contribution is 2.42. The molecule has 1 heterocycles. The van der Waals surface area contributed by atoms with Crippen molar-refractivity contribution in [3.8, 4) is 0 Å². The molecule has 0 radical (unpaired) electrons. The van der Waals surface area contributed by atoms with Gasteiger partial charge in [-0.05, 0) is 24.3 Å². The number of rotatable bonds is 4. The van der Waals surface area contributed by atoms with Gasteiger partial charge in [-0.25, -0.2) is 4.79 Å². The highest BCUT2D eigenvalue weighted by molar-refractivity contribution is 5.90. The Hall–Kier alpha value is -1.57. The van der Waals surface area contributed by atoms with Crippen molar-refractivity contribution in [3.63, 3.8) is 0 Å². The molecule has 3 rings (SSSR count). The average molecular weight is 284 g/mol. The topological polar surface area (TPSA) is 26.3 Å². The molecule has 112 valence electrons. The average Bonchev–Trinajstić information content (AvgIpc) is 2.82. The molecule has 2 nitrogen and oxygen atoms in total. The summed E-state index contributed by atoms with van der Waals surface area (Å²) in [5, 5.41) is 0. The number of hydrogen-bond donors (Lipinski definition) is 0. The first-order valence-corrected chi connectivity index (χ1v) is 8.20. The van der Waals surface area contributed by atoms with Gasteiger partial charge in [0.05, 0.1) is 0 Å². The molecule has 0 spiro atoms. The van der Waals surface area contributed by atoms with Crippen LogP contribution in [0, 0.1) is 11.8 Å². The zero-order valence-electron chi connectivity index (χ0n) is 12.6. The van der Waals surface area contributed by atoms with Crippen LogP contribution in [0.4, 0.5) is 0 Å². The number of esters is 1. The van der Waals surface area contributed by atoms with Crippen molar-refractivity contribution in [2.45, 2.75) is 51.0 Å². The number of benzene rings is 1. The molecule has 2 aliphatic rings. The van der Waals surface area contributed by atoms with Crippen LogP contribution >= 0.6 is 0 Å². The summed E-state index contributed by atoms with van der Waals surface area (Å²) < 4.78 is 5.57. The standard InChI is InChI=1S/C19H24O2/c1-14-17(13-12-15-8-4-2-5-9-15)18(21-19(14)20)16-10-6-3-7-11-16/h3,6-7,10-11,15,17-18H,1-2,4-5,8-9,12-13H2/t17-,18-/m1/s1. The van der Waals surface area contributed by atoms with E-state index in [2.05, 4.69) is 6.58 Å². The molecule has 0 amide bonds. The molecule has 1 aliphatic carbocycles. The van der Waals surface area contributed by atoms with Gasteiger partial charge in [-0.15, -0.1) is 0 Å². The lowest BCUT2D eigenvalue weighted by Gasteiger charge is -2.24. The molecule has 1 aromatic carbocycles. The zero-order chi connectivity index (χ0) is 14.7. The van der Waals surface area contributed by atoms with Gasteiger partial charge in [-0.3, -0.25) is 0 Å². The van der Waals surface area contributed by atoms with E-state index in [4.69, 9.17) is 4.74 Å². The highest BCUT2D eigenvalue weighted by atomic mass is 16.6. The van der Waals surface area contributed by atoms with E-state index in [-0.39, 0.29) is 18.0 Å². The smallest absolute Gasteiger partial charge is 0.334 e. The Morgan fingerprint density at radius 3 is 2.48 bits per heavy atom. The maximum Gasteiger partial charge on any atom is 0.334 e. The molecule has 2 fully saturated rings. The Balaban J connectivity index is 1.68. The number of ether oxygens (including phenoxy) is 1. The summed E-state index contributed by atoms with van der Waals surface area (Å²) in [7, 11) is 0. The molecule has 0 unspecified atom stereocenters. The van der Waals surface area contributed by atoms with Crippen LogP contribution in [-0.4, -0.2) is 5.97 Å². The molecular formula is C19H24O2. The molecule has 0 N–H and O–H groups in total. The minimum Gasteiger partial charge on any atom is -0.453 e. The third-order valence-electron chi connectivity index (χ3n) is 5.05. The number of hydrogen-bond acceptors (Lipinski definition) is 2. The maximum absolute atomic E-state index is 11.9. The number of carbonyl (C=O) groups is 1. The fourth-order valence-electron chi connectivity index (χ4n) is 3.77. The first kappa shape index (κ1) is 14.4. The largest absolute Gasteiger partial charge is 0.453 e. The van der Waals surface area contributed by atoms with Crippen LogP contribution < -0.4 is 0 Å². The van der Waals surface area contributed by atoms with Gasteiger partial charge in [0.25, 0.3) is 0 Å². The predicted molar refractivity (Wildman–Crippen MR) is 83.7 cm³/mol. The lowest BCUT2D eigenvalue weighted by Crippen LogP contribution is -2.13. The summed E-state index contributed by atoms with van der Waals surface area (Å²) >= 11 is 0. The first-order valence-electron chi connectivity index (χ1n) is 8.20. The van der Waals surface area contributed by atoms with Crippen LogP contribution in [0.1, 0.15) is 56.6 Å². The van der Waals surface area contributed by atoms with E-state index in [0.29, 0.717) is 5.57 Å². The molecule has 1 saturated heterocycles. The lowest BCUT2D eigenvalue weighted by molar-refractivity contribution is -0.139. The van der Waals surface area contributed by atoms with Gasteiger partial charge in [-0.1, -0.05) is 69.0 Å². The van der Waals surface area contributed by atoms with E-state index in [9.17, 15) is 4.79 Å². The third-order valence-corrected chi connectivity index (χ3v) is 5.05. The van der Waals surface area contributed by atoms with Gasteiger partial charge < -0.3 is 4.74 Å². The minimum atomic E-state index is -0.211. The van der Waals surface area contributed by atoms with Gasteiger partial charge >= 0.3 is 5.97 Å². The molecule has 0 bridgehead atoms. The summed E-state index contributed by atoms with van der Waals surface area (Å²) in [5.41, 5.74) is 1.76. The van der Waals surface area contributed by atoms with E-state index in [1.54, 1.807) is 0 Å². The van der Waals surface area contributed by atoms with Crippen LogP contribution in [0.3, 0.4) is 0 Å². The fourth-order valence-corrected chi connectivity index (χ4v) is 3.77. The lowest BCUT2D eigenvalue weighted by atomic mass is 9.81. The summed E-state index contributed by atoms with van der Waals surface area (Å²) in [6.45, 7) is 3.98. The summed E-state index contributed by atoms with van der Waals surface area (Å²) in [6.07, 6.45) is 8.92. The van der Waals surface area contributed by atoms with Crippen molar-refractivity contribution in [3.05, 3.63) is 48.0 Å². The highest BCUT2D eigenvalue weighted by Gasteiger charge is 2.39. The van der Waals surface area contributed by atoms with Crippen LogP contribution in [0.5, 0.6) is 0 Å². The summed E-state index contributed by atoms with van der Waals surface area (Å²) in [6, 6.07) is 10.1. The van der Waals surface area contributed by atoms with Gasteiger partial charge in [0, 0.05) is 11.5 Å². The van der Waals surface area contributed by atoms with Gasteiger partial charge in [0.2, 0.25) is 0 Å². The fraction of sp³-hybridized carbons (Fsp3) is 0.526. The molecule has 1 saturated carbocycles. The second-order valence-corrected chi connectivity index (χ2v) is 6.45. The van der Waals surface area contributed by atoms with Gasteiger partial charge in [0.15, 0.2) is 0 Å². The Morgan fingerprint density at radius 2 is 1.76 bits per heavy atom. The number of cyclic esters (lactones) is 1. The van der Waals surface area contributed by atoms with Crippen molar-refractivity contribution in [2.75, 3.05) is 0 Å². The second kappa shape index (κ2) is 6.46. The second-order valence-electron chi connectivity index (χ2n) is 6.45. The minimum absolute atomic E-state index is 0.130. The molecule has 0 aromatic heterocycles. The van der Waals surface area contributed by atoms with Crippen molar-refractivity contribution < 1.29 is 9.53 Å². The molecule has 1 aliphatic heterocycles. The van der Waals surface area contributed by atoms with Crippen LogP contribution in [0.2, 0.25) is 0 Å². The number of carbonyl (C=O) groups excluding carboxylic acids is 1. The van der Waals surface area contributed by atoms with Crippen molar-refractivity contribution >= 4 is 5.97 Å². The van der Waals surface area contributed by atoms with Crippen molar-refractivity contribution in [1.29, 1.82) is 0 Å². The molecule has 21 heavy (non-hydrogen) atoms. The molecule has 2 heteroatoms. The summed E-state index contributed by atoms with van der Waals surface area (Å²) in [5.74, 6) is 0.776. The SMILES string of the molecule is C=C1C(=O)O[C@H](c2ccccc2)[C@@H]1CCC1CCCCC1. The third kappa shape index (κ3) is 3.20.